The Labute approximate surface area is 132 Å². The van der Waals surface area contributed by atoms with Gasteiger partial charge in [0.2, 0.25) is 0 Å². The maximum absolute atomic E-state index is 12.2. The summed E-state index contributed by atoms with van der Waals surface area (Å²) in [4.78, 5) is 30.9. The lowest BCUT2D eigenvalue weighted by Crippen LogP contribution is -2.38. The number of aromatic nitrogens is 3. The predicted molar refractivity (Wildman–Crippen MR) is 83.9 cm³/mol. The summed E-state index contributed by atoms with van der Waals surface area (Å²) in [5.41, 5.74) is 0.145. The molecule has 0 spiro atoms. The van der Waals surface area contributed by atoms with E-state index in [1.54, 1.807) is 30.7 Å². The number of imidazole rings is 1. The Kier molecular flexibility index (Phi) is 4.09. The zero-order valence-electron chi connectivity index (χ0n) is 12.5. The topological polar surface area (TPSA) is 92.9 Å². The lowest BCUT2D eigenvalue weighted by molar-refractivity contribution is 0.0935. The molecule has 118 valence electrons. The molecule has 3 aromatic rings. The van der Waals surface area contributed by atoms with Gasteiger partial charge in [0.1, 0.15) is 11.3 Å². The van der Waals surface area contributed by atoms with Crippen LogP contribution in [-0.2, 0) is 6.54 Å². The molecule has 23 heavy (non-hydrogen) atoms. The molecule has 3 heterocycles. The molecule has 0 radical (unpaired) electrons. The summed E-state index contributed by atoms with van der Waals surface area (Å²) >= 11 is 0. The van der Waals surface area contributed by atoms with Crippen molar-refractivity contribution in [2.75, 3.05) is 0 Å². The second-order valence-electron chi connectivity index (χ2n) is 5.23. The van der Waals surface area contributed by atoms with Crippen LogP contribution in [0, 0.1) is 0 Å². The van der Waals surface area contributed by atoms with Crippen molar-refractivity contribution in [1.29, 1.82) is 0 Å². The Bertz CT molecular complexity index is 835. The first-order valence-corrected chi connectivity index (χ1v) is 7.17. The SMILES string of the molecule is CC(Cn1ccnc1)NC(=O)c1ccc(-c2ccco2)[nH]c1=O. The number of hydrogen-bond donors (Lipinski definition) is 2. The predicted octanol–water partition coefficient (Wildman–Crippen LogP) is 1.65. The number of carbonyl (C=O) groups excluding carboxylic acids is 1. The van der Waals surface area contributed by atoms with Gasteiger partial charge >= 0.3 is 0 Å². The molecular formula is C16H16N4O3. The van der Waals surface area contributed by atoms with Crippen LogP contribution in [0.1, 0.15) is 17.3 Å². The Morgan fingerprint density at radius 2 is 2.30 bits per heavy atom. The molecule has 0 fully saturated rings. The fraction of sp³-hybridized carbons (Fsp3) is 0.188. The van der Waals surface area contributed by atoms with Gasteiger partial charge in [-0.25, -0.2) is 4.98 Å². The minimum absolute atomic E-state index is 0.0674. The smallest absolute Gasteiger partial charge is 0.261 e. The van der Waals surface area contributed by atoms with E-state index < -0.39 is 11.5 Å². The van der Waals surface area contributed by atoms with Crippen molar-refractivity contribution >= 4 is 5.91 Å². The molecule has 0 aliphatic rings. The maximum atomic E-state index is 12.2. The highest BCUT2D eigenvalue weighted by Crippen LogP contribution is 2.15. The highest BCUT2D eigenvalue weighted by atomic mass is 16.3. The van der Waals surface area contributed by atoms with Crippen LogP contribution >= 0.6 is 0 Å². The molecule has 7 nitrogen and oxygen atoms in total. The van der Waals surface area contributed by atoms with Gasteiger partial charge < -0.3 is 19.3 Å². The molecular weight excluding hydrogens is 296 g/mol. The van der Waals surface area contributed by atoms with Gasteiger partial charge in [-0.15, -0.1) is 0 Å². The van der Waals surface area contributed by atoms with Gasteiger partial charge in [-0.2, -0.15) is 0 Å². The fourth-order valence-electron chi connectivity index (χ4n) is 2.29. The van der Waals surface area contributed by atoms with Crippen LogP contribution in [0.2, 0.25) is 0 Å². The Hall–Kier alpha value is -3.09. The van der Waals surface area contributed by atoms with Crippen LogP contribution in [0.4, 0.5) is 0 Å². The normalized spacial score (nSPS) is 12.0. The van der Waals surface area contributed by atoms with Crippen molar-refractivity contribution < 1.29 is 9.21 Å². The van der Waals surface area contributed by atoms with Crippen LogP contribution < -0.4 is 10.9 Å². The third kappa shape index (κ3) is 3.39. The largest absolute Gasteiger partial charge is 0.463 e. The van der Waals surface area contributed by atoms with E-state index >= 15 is 0 Å². The number of nitrogens with one attached hydrogen (secondary N) is 2. The summed E-state index contributed by atoms with van der Waals surface area (Å²) in [5, 5.41) is 2.80. The highest BCUT2D eigenvalue weighted by Gasteiger charge is 2.14. The minimum atomic E-state index is -0.453. The average molecular weight is 312 g/mol. The highest BCUT2D eigenvalue weighted by molar-refractivity contribution is 5.94. The van der Waals surface area contributed by atoms with E-state index in [1.165, 1.54) is 12.3 Å². The zero-order valence-corrected chi connectivity index (χ0v) is 12.5. The monoisotopic (exact) mass is 312 g/mol. The lowest BCUT2D eigenvalue weighted by Gasteiger charge is -2.14. The van der Waals surface area contributed by atoms with E-state index in [-0.39, 0.29) is 11.6 Å². The van der Waals surface area contributed by atoms with E-state index in [9.17, 15) is 9.59 Å². The molecule has 3 aromatic heterocycles. The third-order valence-corrected chi connectivity index (χ3v) is 3.36. The van der Waals surface area contributed by atoms with Crippen LogP contribution in [-0.4, -0.2) is 26.5 Å². The molecule has 2 N–H and O–H groups in total. The number of H-pyrrole nitrogens is 1. The van der Waals surface area contributed by atoms with Crippen LogP contribution in [0.5, 0.6) is 0 Å². The number of nitrogens with zero attached hydrogens (tertiary/aromatic N) is 2. The summed E-state index contributed by atoms with van der Waals surface area (Å²) in [5.74, 6) is 0.132. The molecule has 0 aromatic carbocycles. The number of carbonyl (C=O) groups is 1. The number of aromatic amines is 1. The number of furan rings is 1. The van der Waals surface area contributed by atoms with Crippen LogP contribution in [0.15, 0.2) is 58.5 Å². The molecule has 0 aliphatic carbocycles. The van der Waals surface area contributed by atoms with Gasteiger partial charge in [-0.1, -0.05) is 0 Å². The lowest BCUT2D eigenvalue weighted by atomic mass is 10.2. The summed E-state index contributed by atoms with van der Waals surface area (Å²) in [6.07, 6.45) is 6.68. The van der Waals surface area contributed by atoms with Gasteiger partial charge in [0.15, 0.2) is 0 Å². The Morgan fingerprint density at radius 1 is 1.43 bits per heavy atom. The van der Waals surface area contributed by atoms with E-state index in [2.05, 4.69) is 15.3 Å². The van der Waals surface area contributed by atoms with E-state index in [0.29, 0.717) is 18.0 Å². The Balaban J connectivity index is 1.71. The van der Waals surface area contributed by atoms with Crippen molar-refractivity contribution in [3.05, 3.63) is 65.2 Å². The summed E-state index contributed by atoms with van der Waals surface area (Å²) in [6.45, 7) is 2.44. The van der Waals surface area contributed by atoms with Crippen molar-refractivity contribution in [3.8, 4) is 11.5 Å². The van der Waals surface area contributed by atoms with Crippen LogP contribution in [0.25, 0.3) is 11.5 Å². The minimum Gasteiger partial charge on any atom is -0.463 e. The molecule has 3 rings (SSSR count). The van der Waals surface area contributed by atoms with Gasteiger partial charge in [-0.05, 0) is 31.2 Å². The molecule has 0 aliphatic heterocycles. The first-order valence-electron chi connectivity index (χ1n) is 7.17. The molecule has 7 heteroatoms. The van der Waals surface area contributed by atoms with Crippen molar-refractivity contribution in [2.45, 2.75) is 19.5 Å². The quantitative estimate of drug-likeness (QED) is 0.749. The second-order valence-corrected chi connectivity index (χ2v) is 5.23. The number of amides is 1. The number of hydrogen-bond acceptors (Lipinski definition) is 4. The molecule has 0 bridgehead atoms. The van der Waals surface area contributed by atoms with Crippen molar-refractivity contribution in [3.63, 3.8) is 0 Å². The van der Waals surface area contributed by atoms with Crippen molar-refractivity contribution in [2.24, 2.45) is 0 Å². The van der Waals surface area contributed by atoms with Gasteiger partial charge in [0, 0.05) is 25.0 Å². The average Bonchev–Trinajstić information content (AvgIpc) is 3.19. The molecule has 0 saturated carbocycles. The van der Waals surface area contributed by atoms with Crippen molar-refractivity contribution in [1.82, 2.24) is 19.9 Å². The third-order valence-electron chi connectivity index (χ3n) is 3.36. The van der Waals surface area contributed by atoms with E-state index in [4.69, 9.17) is 4.42 Å². The zero-order chi connectivity index (χ0) is 16.2. The summed E-state index contributed by atoms with van der Waals surface area (Å²) in [6, 6.07) is 6.47. The Morgan fingerprint density at radius 3 is 2.96 bits per heavy atom. The van der Waals surface area contributed by atoms with Gasteiger partial charge in [0.25, 0.3) is 11.5 Å². The first-order chi connectivity index (χ1) is 11.1. The van der Waals surface area contributed by atoms with Gasteiger partial charge in [0.05, 0.1) is 18.3 Å². The number of pyridine rings is 1. The molecule has 1 atom stereocenters. The summed E-state index contributed by atoms with van der Waals surface area (Å²) < 4.78 is 7.08. The first kappa shape index (κ1) is 14.8. The summed E-state index contributed by atoms with van der Waals surface area (Å²) in [7, 11) is 0. The number of rotatable bonds is 5. The molecule has 1 unspecified atom stereocenters. The maximum Gasteiger partial charge on any atom is 0.261 e. The fourth-order valence-corrected chi connectivity index (χ4v) is 2.29. The van der Waals surface area contributed by atoms with E-state index in [0.717, 1.165) is 0 Å². The standard InChI is InChI=1S/C16H16N4O3/c1-11(9-20-7-6-17-10-20)18-15(21)12-4-5-13(19-16(12)22)14-3-2-8-23-14/h2-8,10-11H,9H2,1H3,(H,18,21)(H,19,22). The second kappa shape index (κ2) is 6.35. The van der Waals surface area contributed by atoms with E-state index in [1.807, 2.05) is 17.7 Å². The molecule has 1 amide bonds. The van der Waals surface area contributed by atoms with Crippen LogP contribution in [0.3, 0.4) is 0 Å². The molecule has 0 saturated heterocycles. The van der Waals surface area contributed by atoms with Gasteiger partial charge in [-0.3, -0.25) is 9.59 Å².